The third-order valence-electron chi connectivity index (χ3n) is 6.05. The molecule has 1 N–H and O–H groups in total. The molecule has 0 bridgehead atoms. The third kappa shape index (κ3) is 3.31. The minimum Gasteiger partial charge on any atom is -0.353 e. The maximum Gasteiger partial charge on any atom is 0.226 e. The van der Waals surface area contributed by atoms with E-state index in [1.54, 1.807) is 0 Å². The van der Waals surface area contributed by atoms with Crippen LogP contribution in [-0.4, -0.2) is 38.9 Å². The van der Waals surface area contributed by atoms with Crippen LogP contribution in [0.25, 0.3) is 0 Å². The lowest BCUT2D eigenvalue weighted by Crippen LogP contribution is -2.42. The van der Waals surface area contributed by atoms with Crippen molar-refractivity contribution in [3.8, 4) is 0 Å². The molecular formula is C19H28N4O2. The molecule has 1 aliphatic heterocycles. The molecular weight excluding hydrogens is 316 g/mol. The first kappa shape index (κ1) is 16.6. The molecule has 2 aliphatic carbocycles. The molecule has 0 spiro atoms. The fourth-order valence-electron chi connectivity index (χ4n) is 4.33. The third-order valence-corrected chi connectivity index (χ3v) is 6.05. The van der Waals surface area contributed by atoms with Gasteiger partial charge in [0.2, 0.25) is 11.8 Å². The zero-order valence-corrected chi connectivity index (χ0v) is 15.2. The number of carbonyl (C=O) groups excluding carboxylic acids is 2. The highest BCUT2D eigenvalue weighted by atomic mass is 16.2. The van der Waals surface area contributed by atoms with Crippen LogP contribution in [0.5, 0.6) is 0 Å². The summed E-state index contributed by atoms with van der Waals surface area (Å²) in [5.41, 5.74) is 0.812. The topological polar surface area (TPSA) is 67.2 Å². The van der Waals surface area contributed by atoms with Gasteiger partial charge in [0.15, 0.2) is 0 Å². The Labute approximate surface area is 149 Å². The summed E-state index contributed by atoms with van der Waals surface area (Å²) < 4.78 is 2.11. The first-order chi connectivity index (χ1) is 12.0. The number of nitrogens with zero attached hydrogens (tertiary/aromatic N) is 3. The molecule has 136 valence electrons. The van der Waals surface area contributed by atoms with Crippen LogP contribution in [0.4, 0.5) is 0 Å². The number of fused-ring (bicyclic) bond motifs is 1. The van der Waals surface area contributed by atoms with Crippen LogP contribution in [0.15, 0.2) is 6.20 Å². The highest BCUT2D eigenvalue weighted by Gasteiger charge is 2.44. The summed E-state index contributed by atoms with van der Waals surface area (Å²) in [6, 6.07) is 0.331. The molecule has 2 amide bonds. The Balaban J connectivity index is 1.41. The predicted molar refractivity (Wildman–Crippen MR) is 93.7 cm³/mol. The molecule has 2 saturated carbocycles. The van der Waals surface area contributed by atoms with Gasteiger partial charge in [-0.3, -0.25) is 9.59 Å². The van der Waals surface area contributed by atoms with Gasteiger partial charge in [-0.2, -0.15) is 0 Å². The van der Waals surface area contributed by atoms with Crippen molar-refractivity contribution < 1.29 is 9.59 Å². The fraction of sp³-hybridized carbons (Fsp3) is 0.737. The first-order valence-corrected chi connectivity index (χ1v) is 9.68. The largest absolute Gasteiger partial charge is 0.353 e. The molecule has 6 heteroatoms. The van der Waals surface area contributed by atoms with Crippen molar-refractivity contribution in [3.05, 3.63) is 17.7 Å². The van der Waals surface area contributed by atoms with E-state index >= 15 is 0 Å². The number of hydrogen-bond donors (Lipinski definition) is 1. The Bertz CT molecular complexity index is 677. The number of imidazole rings is 1. The standard InChI is InChI=1S/C19H28N4O2/c1-12-9-16(12)19(25)23-8-7-22-11-15(21-18(22)13(23)2)10-17(24)20-14-5-3-4-6-14/h11-14,16H,3-10H2,1-2H3,(H,20,24)/t12-,13-,16-/m1/s1. The number of hydrogen-bond acceptors (Lipinski definition) is 3. The van der Waals surface area contributed by atoms with E-state index < -0.39 is 0 Å². The highest BCUT2D eigenvalue weighted by Crippen LogP contribution is 2.41. The average Bonchev–Trinajstić information content (AvgIpc) is 2.97. The maximum atomic E-state index is 12.6. The normalized spacial score (nSPS) is 28.7. The van der Waals surface area contributed by atoms with Crippen molar-refractivity contribution in [3.63, 3.8) is 0 Å². The van der Waals surface area contributed by atoms with Crippen LogP contribution < -0.4 is 5.32 Å². The van der Waals surface area contributed by atoms with Gasteiger partial charge in [0.05, 0.1) is 18.2 Å². The van der Waals surface area contributed by atoms with E-state index in [0.29, 0.717) is 18.4 Å². The van der Waals surface area contributed by atoms with Crippen molar-refractivity contribution in [2.75, 3.05) is 6.54 Å². The van der Waals surface area contributed by atoms with Gasteiger partial charge in [0.25, 0.3) is 0 Å². The van der Waals surface area contributed by atoms with E-state index in [1.165, 1.54) is 12.8 Å². The Hall–Kier alpha value is -1.85. The second-order valence-corrected chi connectivity index (χ2v) is 8.04. The molecule has 6 nitrogen and oxygen atoms in total. The minimum absolute atomic E-state index is 0.0132. The van der Waals surface area contributed by atoms with Gasteiger partial charge in [0, 0.05) is 31.2 Å². The molecule has 2 fully saturated rings. The lowest BCUT2D eigenvalue weighted by molar-refractivity contribution is -0.136. The van der Waals surface area contributed by atoms with E-state index in [9.17, 15) is 9.59 Å². The van der Waals surface area contributed by atoms with Gasteiger partial charge in [-0.05, 0) is 32.1 Å². The van der Waals surface area contributed by atoms with Crippen LogP contribution in [0, 0.1) is 11.8 Å². The zero-order chi connectivity index (χ0) is 17.6. The molecule has 0 unspecified atom stereocenters. The summed E-state index contributed by atoms with van der Waals surface area (Å²) in [4.78, 5) is 31.5. The Morgan fingerprint density at radius 2 is 1.96 bits per heavy atom. The lowest BCUT2D eigenvalue weighted by atomic mass is 10.1. The molecule has 3 aliphatic rings. The molecule has 0 saturated heterocycles. The molecule has 0 aromatic carbocycles. The molecule has 0 radical (unpaired) electrons. The number of carbonyl (C=O) groups is 2. The second kappa shape index (κ2) is 6.46. The maximum absolute atomic E-state index is 12.6. The first-order valence-electron chi connectivity index (χ1n) is 9.68. The van der Waals surface area contributed by atoms with Gasteiger partial charge >= 0.3 is 0 Å². The van der Waals surface area contributed by atoms with E-state index in [1.807, 2.05) is 18.0 Å². The SMILES string of the molecule is C[C@@H]1C[C@H]1C(=O)N1CCn2cc(CC(=O)NC3CCCC3)nc2[C@H]1C. The van der Waals surface area contributed by atoms with Crippen LogP contribution in [-0.2, 0) is 22.6 Å². The molecule has 25 heavy (non-hydrogen) atoms. The van der Waals surface area contributed by atoms with Gasteiger partial charge in [-0.1, -0.05) is 19.8 Å². The fourth-order valence-corrected chi connectivity index (χ4v) is 4.33. The van der Waals surface area contributed by atoms with Gasteiger partial charge in [-0.25, -0.2) is 4.98 Å². The predicted octanol–water partition coefficient (Wildman–Crippen LogP) is 2.04. The molecule has 2 heterocycles. The van der Waals surface area contributed by atoms with Gasteiger partial charge in [-0.15, -0.1) is 0 Å². The Morgan fingerprint density at radius 3 is 2.64 bits per heavy atom. The van der Waals surface area contributed by atoms with Crippen LogP contribution in [0.3, 0.4) is 0 Å². The average molecular weight is 344 g/mol. The Kier molecular flexibility index (Phi) is 4.29. The van der Waals surface area contributed by atoms with E-state index in [2.05, 4.69) is 21.8 Å². The molecule has 1 aromatic heterocycles. The monoisotopic (exact) mass is 344 g/mol. The van der Waals surface area contributed by atoms with Crippen LogP contribution in [0.2, 0.25) is 0 Å². The minimum atomic E-state index is -0.0132. The van der Waals surface area contributed by atoms with Crippen LogP contribution in [0.1, 0.15) is 63.5 Å². The van der Waals surface area contributed by atoms with Gasteiger partial charge < -0.3 is 14.8 Å². The van der Waals surface area contributed by atoms with Crippen molar-refractivity contribution in [2.45, 2.75) is 71.0 Å². The molecule has 3 atom stereocenters. The zero-order valence-electron chi connectivity index (χ0n) is 15.2. The van der Waals surface area contributed by atoms with E-state index in [0.717, 1.165) is 43.9 Å². The number of amides is 2. The van der Waals surface area contributed by atoms with Gasteiger partial charge in [0.1, 0.15) is 5.82 Å². The summed E-state index contributed by atoms with van der Waals surface area (Å²) in [7, 11) is 0. The molecule has 1 aromatic rings. The molecule has 4 rings (SSSR count). The quantitative estimate of drug-likeness (QED) is 0.909. The van der Waals surface area contributed by atoms with Crippen LogP contribution >= 0.6 is 0 Å². The summed E-state index contributed by atoms with van der Waals surface area (Å²) >= 11 is 0. The highest BCUT2D eigenvalue weighted by molar-refractivity contribution is 5.82. The number of rotatable bonds is 4. The van der Waals surface area contributed by atoms with Crippen molar-refractivity contribution in [2.24, 2.45) is 11.8 Å². The smallest absolute Gasteiger partial charge is 0.226 e. The van der Waals surface area contributed by atoms with E-state index in [-0.39, 0.29) is 23.8 Å². The second-order valence-electron chi connectivity index (χ2n) is 8.04. The van der Waals surface area contributed by atoms with Crippen molar-refractivity contribution in [1.82, 2.24) is 19.8 Å². The van der Waals surface area contributed by atoms with E-state index in [4.69, 9.17) is 0 Å². The Morgan fingerprint density at radius 1 is 1.24 bits per heavy atom. The lowest BCUT2D eigenvalue weighted by Gasteiger charge is -2.34. The van der Waals surface area contributed by atoms with Crippen molar-refractivity contribution in [1.29, 1.82) is 0 Å². The number of nitrogens with one attached hydrogen (secondary N) is 1. The summed E-state index contributed by atoms with van der Waals surface area (Å²) in [5.74, 6) is 1.98. The number of aromatic nitrogens is 2. The summed E-state index contributed by atoms with van der Waals surface area (Å²) in [6.07, 6.45) is 7.95. The summed E-state index contributed by atoms with van der Waals surface area (Å²) in [5, 5.41) is 3.12. The summed E-state index contributed by atoms with van der Waals surface area (Å²) in [6.45, 7) is 5.69. The van der Waals surface area contributed by atoms with Crippen molar-refractivity contribution >= 4 is 11.8 Å².